The zero-order valence-electron chi connectivity index (χ0n) is 11.4. The number of thiophene rings is 1. The number of carbonyl (C=O) groups excluding carboxylic acids is 1. The molecule has 1 saturated heterocycles. The Hall–Kier alpha value is -0.520. The molecule has 2 heterocycles. The number of amides is 1. The lowest BCUT2D eigenvalue weighted by Gasteiger charge is -2.27. The Kier molecular flexibility index (Phi) is 3.62. The van der Waals surface area contributed by atoms with E-state index in [1.54, 1.807) is 11.3 Å². The van der Waals surface area contributed by atoms with Crippen LogP contribution in [0.3, 0.4) is 0 Å². The van der Waals surface area contributed by atoms with E-state index >= 15 is 0 Å². The quantitative estimate of drug-likeness (QED) is 0.907. The van der Waals surface area contributed by atoms with E-state index in [-0.39, 0.29) is 18.1 Å². The number of hydrogen-bond acceptors (Lipinski definition) is 4. The van der Waals surface area contributed by atoms with Gasteiger partial charge in [0.2, 0.25) is 5.91 Å². The molecule has 0 bridgehead atoms. The van der Waals surface area contributed by atoms with Crippen LogP contribution in [0.2, 0.25) is 0 Å². The predicted molar refractivity (Wildman–Crippen MR) is 81.5 cm³/mol. The van der Waals surface area contributed by atoms with Gasteiger partial charge in [0, 0.05) is 16.2 Å². The SMILES string of the molecule is CCC1NC(c2cccs2)N(CC2(SC)CC2)C1=O. The van der Waals surface area contributed by atoms with Gasteiger partial charge in [-0.2, -0.15) is 11.8 Å². The Morgan fingerprint density at radius 1 is 1.58 bits per heavy atom. The van der Waals surface area contributed by atoms with Gasteiger partial charge >= 0.3 is 0 Å². The minimum Gasteiger partial charge on any atom is -0.319 e. The van der Waals surface area contributed by atoms with Crippen molar-refractivity contribution in [3.05, 3.63) is 22.4 Å². The second kappa shape index (κ2) is 5.11. The maximum atomic E-state index is 12.5. The number of rotatable bonds is 5. The third-order valence-corrected chi connectivity index (χ3v) is 6.50. The highest BCUT2D eigenvalue weighted by atomic mass is 32.2. The largest absolute Gasteiger partial charge is 0.319 e. The first kappa shape index (κ1) is 13.5. The van der Waals surface area contributed by atoms with Crippen LogP contribution in [-0.4, -0.2) is 34.4 Å². The van der Waals surface area contributed by atoms with Crippen LogP contribution in [0.4, 0.5) is 0 Å². The summed E-state index contributed by atoms with van der Waals surface area (Å²) in [5.41, 5.74) is 0. The number of thioether (sulfide) groups is 1. The van der Waals surface area contributed by atoms with Crippen LogP contribution < -0.4 is 5.32 Å². The van der Waals surface area contributed by atoms with Crippen LogP contribution in [0.5, 0.6) is 0 Å². The minimum atomic E-state index is -0.00949. The highest BCUT2D eigenvalue weighted by molar-refractivity contribution is 8.00. The summed E-state index contributed by atoms with van der Waals surface area (Å²) < 4.78 is 0.329. The van der Waals surface area contributed by atoms with E-state index in [2.05, 4.69) is 40.9 Å². The fourth-order valence-electron chi connectivity index (χ4n) is 2.70. The molecule has 2 unspecified atom stereocenters. The zero-order chi connectivity index (χ0) is 13.5. The van der Waals surface area contributed by atoms with Gasteiger partial charge in [0.15, 0.2) is 0 Å². The fourth-order valence-corrected chi connectivity index (χ4v) is 4.27. The van der Waals surface area contributed by atoms with Crippen molar-refractivity contribution in [2.45, 2.75) is 43.1 Å². The molecule has 5 heteroatoms. The van der Waals surface area contributed by atoms with E-state index in [1.165, 1.54) is 17.7 Å². The molecule has 1 N–H and O–H groups in total. The van der Waals surface area contributed by atoms with Gasteiger partial charge in [0.1, 0.15) is 6.17 Å². The average Bonchev–Trinajstić information content (AvgIpc) is 2.85. The standard InChI is InChI=1S/C14H20N2OS2/c1-3-10-13(17)16(9-14(18-2)6-7-14)12(15-10)11-5-4-8-19-11/h4-5,8,10,12,15H,3,6-7,9H2,1-2H3. The molecule has 1 aliphatic heterocycles. The van der Waals surface area contributed by atoms with Gasteiger partial charge < -0.3 is 4.90 Å². The molecule has 2 atom stereocenters. The molecule has 1 aromatic heterocycles. The second-order valence-electron chi connectivity index (χ2n) is 5.40. The number of nitrogens with zero attached hydrogens (tertiary/aromatic N) is 1. The Morgan fingerprint density at radius 2 is 2.37 bits per heavy atom. The summed E-state index contributed by atoms with van der Waals surface area (Å²) >= 11 is 3.65. The molecule has 0 spiro atoms. The fraction of sp³-hybridized carbons (Fsp3) is 0.643. The maximum absolute atomic E-state index is 12.5. The topological polar surface area (TPSA) is 32.3 Å². The van der Waals surface area contributed by atoms with Crippen molar-refractivity contribution in [2.24, 2.45) is 0 Å². The van der Waals surface area contributed by atoms with Gasteiger partial charge in [-0.3, -0.25) is 10.1 Å². The third-order valence-electron chi connectivity index (χ3n) is 4.17. The first-order valence-electron chi connectivity index (χ1n) is 6.84. The predicted octanol–water partition coefficient (Wildman–Crippen LogP) is 2.85. The molecule has 1 aliphatic carbocycles. The molecule has 3 nitrogen and oxygen atoms in total. The molecule has 2 fully saturated rings. The van der Waals surface area contributed by atoms with E-state index in [0.717, 1.165) is 13.0 Å². The van der Waals surface area contributed by atoms with Crippen LogP contribution in [0.15, 0.2) is 17.5 Å². The van der Waals surface area contributed by atoms with Crippen molar-refractivity contribution < 1.29 is 4.79 Å². The lowest BCUT2D eigenvalue weighted by molar-refractivity contribution is -0.130. The van der Waals surface area contributed by atoms with Gasteiger partial charge in [-0.25, -0.2) is 0 Å². The summed E-state index contributed by atoms with van der Waals surface area (Å²) in [6.07, 6.45) is 5.60. The van der Waals surface area contributed by atoms with E-state index in [4.69, 9.17) is 0 Å². The van der Waals surface area contributed by atoms with Crippen LogP contribution in [0, 0.1) is 0 Å². The molecule has 1 amide bonds. The molecular formula is C14H20N2OS2. The van der Waals surface area contributed by atoms with E-state index in [0.29, 0.717) is 4.75 Å². The Bertz CT molecular complexity index is 456. The van der Waals surface area contributed by atoms with Gasteiger partial charge in [0.05, 0.1) is 6.04 Å². The van der Waals surface area contributed by atoms with Crippen molar-refractivity contribution in [1.82, 2.24) is 10.2 Å². The van der Waals surface area contributed by atoms with Crippen LogP contribution >= 0.6 is 23.1 Å². The average molecular weight is 296 g/mol. The van der Waals surface area contributed by atoms with Crippen molar-refractivity contribution >= 4 is 29.0 Å². The molecule has 3 rings (SSSR count). The number of hydrogen-bond donors (Lipinski definition) is 1. The molecule has 1 aromatic rings. The molecule has 2 aliphatic rings. The Morgan fingerprint density at radius 3 is 2.89 bits per heavy atom. The highest BCUT2D eigenvalue weighted by Crippen LogP contribution is 2.49. The maximum Gasteiger partial charge on any atom is 0.241 e. The van der Waals surface area contributed by atoms with Gasteiger partial charge in [-0.15, -0.1) is 11.3 Å². The Balaban J connectivity index is 1.82. The third kappa shape index (κ3) is 2.43. The normalized spacial score (nSPS) is 28.9. The van der Waals surface area contributed by atoms with Crippen LogP contribution in [0.25, 0.3) is 0 Å². The number of nitrogens with one attached hydrogen (secondary N) is 1. The summed E-state index contributed by atoms with van der Waals surface area (Å²) in [6.45, 7) is 2.96. The first-order chi connectivity index (χ1) is 9.19. The van der Waals surface area contributed by atoms with Crippen molar-refractivity contribution in [3.8, 4) is 0 Å². The molecule has 19 heavy (non-hydrogen) atoms. The molecule has 0 radical (unpaired) electrons. The highest BCUT2D eigenvalue weighted by Gasteiger charge is 2.49. The van der Waals surface area contributed by atoms with Gasteiger partial charge in [-0.05, 0) is 37.0 Å². The summed E-state index contributed by atoms with van der Waals surface area (Å²) in [6, 6.07) is 4.18. The molecular weight excluding hydrogens is 276 g/mol. The van der Waals surface area contributed by atoms with Crippen molar-refractivity contribution in [3.63, 3.8) is 0 Å². The first-order valence-corrected chi connectivity index (χ1v) is 8.94. The van der Waals surface area contributed by atoms with E-state index < -0.39 is 0 Å². The summed E-state index contributed by atoms with van der Waals surface area (Å²) in [5.74, 6) is 0.279. The van der Waals surface area contributed by atoms with Crippen molar-refractivity contribution in [1.29, 1.82) is 0 Å². The lowest BCUT2D eigenvalue weighted by atomic mass is 10.2. The summed E-state index contributed by atoms with van der Waals surface area (Å²) in [4.78, 5) is 15.8. The van der Waals surface area contributed by atoms with E-state index in [9.17, 15) is 4.79 Å². The summed E-state index contributed by atoms with van der Waals surface area (Å²) in [7, 11) is 0. The Labute approximate surface area is 122 Å². The van der Waals surface area contributed by atoms with Crippen LogP contribution in [-0.2, 0) is 4.79 Å². The van der Waals surface area contributed by atoms with E-state index in [1.807, 2.05) is 11.8 Å². The number of carbonyl (C=O) groups is 1. The molecule has 1 saturated carbocycles. The monoisotopic (exact) mass is 296 g/mol. The van der Waals surface area contributed by atoms with Crippen molar-refractivity contribution in [2.75, 3.05) is 12.8 Å². The van der Waals surface area contributed by atoms with Crippen LogP contribution in [0.1, 0.15) is 37.2 Å². The molecule has 104 valence electrons. The van der Waals surface area contributed by atoms with Gasteiger partial charge in [-0.1, -0.05) is 13.0 Å². The smallest absolute Gasteiger partial charge is 0.241 e. The minimum absolute atomic E-state index is 0.00949. The summed E-state index contributed by atoms with van der Waals surface area (Å²) in [5, 5.41) is 5.58. The lowest BCUT2D eigenvalue weighted by Crippen LogP contribution is -2.37. The molecule has 0 aromatic carbocycles. The second-order valence-corrected chi connectivity index (χ2v) is 7.65. The van der Waals surface area contributed by atoms with Gasteiger partial charge in [0.25, 0.3) is 0 Å². The zero-order valence-corrected chi connectivity index (χ0v) is 13.0.